The Kier molecular flexibility index (Phi) is 5.47. The molecule has 0 unspecified atom stereocenters. The summed E-state index contributed by atoms with van der Waals surface area (Å²) in [7, 11) is 1.66. The first-order valence-electron chi connectivity index (χ1n) is 6.92. The lowest BCUT2D eigenvalue weighted by molar-refractivity contribution is -0.130. The van der Waals surface area contributed by atoms with E-state index >= 15 is 0 Å². The Morgan fingerprint density at radius 1 is 1.09 bits per heavy atom. The summed E-state index contributed by atoms with van der Waals surface area (Å²) >= 11 is 0. The molecule has 3 nitrogen and oxygen atoms in total. The first-order valence-corrected chi connectivity index (χ1v) is 6.92. The summed E-state index contributed by atoms with van der Waals surface area (Å²) in [5.74, 6) is -0.747. The lowest BCUT2D eigenvalue weighted by Gasteiger charge is -2.17. The van der Waals surface area contributed by atoms with Crippen molar-refractivity contribution in [1.82, 2.24) is 4.90 Å². The third kappa shape index (κ3) is 4.55. The van der Waals surface area contributed by atoms with Crippen LogP contribution in [0.3, 0.4) is 0 Å². The van der Waals surface area contributed by atoms with E-state index in [-0.39, 0.29) is 30.5 Å². The van der Waals surface area contributed by atoms with Crippen molar-refractivity contribution in [2.75, 3.05) is 13.7 Å². The van der Waals surface area contributed by atoms with Crippen molar-refractivity contribution < 1.29 is 18.3 Å². The van der Waals surface area contributed by atoms with Crippen LogP contribution in [0.1, 0.15) is 12.0 Å². The van der Waals surface area contributed by atoms with Crippen LogP contribution in [-0.4, -0.2) is 24.5 Å². The molecule has 0 radical (unpaired) electrons. The quantitative estimate of drug-likeness (QED) is 0.818. The fourth-order valence-electron chi connectivity index (χ4n) is 1.95. The lowest BCUT2D eigenvalue weighted by atomic mass is 10.2. The van der Waals surface area contributed by atoms with E-state index < -0.39 is 5.82 Å². The first-order chi connectivity index (χ1) is 10.6. The Balaban J connectivity index is 1.79. The number of carbonyl (C=O) groups is 1. The van der Waals surface area contributed by atoms with E-state index in [1.165, 1.54) is 29.2 Å². The average Bonchev–Trinajstić information content (AvgIpc) is 2.51. The van der Waals surface area contributed by atoms with E-state index in [9.17, 15) is 13.6 Å². The molecule has 0 aromatic heterocycles. The number of halogens is 2. The molecule has 0 aliphatic rings. The Morgan fingerprint density at radius 3 is 2.45 bits per heavy atom. The van der Waals surface area contributed by atoms with Gasteiger partial charge in [0.25, 0.3) is 0 Å². The molecular weight excluding hydrogens is 288 g/mol. The summed E-state index contributed by atoms with van der Waals surface area (Å²) in [6.07, 6.45) is 0.145. The van der Waals surface area contributed by atoms with Crippen LogP contribution in [0.2, 0.25) is 0 Å². The molecule has 0 aliphatic carbocycles. The summed E-state index contributed by atoms with van der Waals surface area (Å²) in [5, 5.41) is 0. The number of benzene rings is 2. The minimum Gasteiger partial charge on any atom is -0.490 e. The third-order valence-corrected chi connectivity index (χ3v) is 3.17. The third-order valence-electron chi connectivity index (χ3n) is 3.17. The highest BCUT2D eigenvalue weighted by Gasteiger charge is 2.10. The smallest absolute Gasteiger partial charge is 0.226 e. The van der Waals surface area contributed by atoms with Crippen LogP contribution in [0.5, 0.6) is 5.75 Å². The fourth-order valence-corrected chi connectivity index (χ4v) is 1.95. The molecule has 116 valence electrons. The van der Waals surface area contributed by atoms with Gasteiger partial charge in [0.15, 0.2) is 11.6 Å². The molecule has 22 heavy (non-hydrogen) atoms. The van der Waals surface area contributed by atoms with Gasteiger partial charge in [-0.25, -0.2) is 8.78 Å². The highest BCUT2D eigenvalue weighted by Crippen LogP contribution is 2.15. The lowest BCUT2D eigenvalue weighted by Crippen LogP contribution is -2.27. The summed E-state index contributed by atoms with van der Waals surface area (Å²) in [6, 6.07) is 12.0. The van der Waals surface area contributed by atoms with E-state index in [2.05, 4.69) is 0 Å². The van der Waals surface area contributed by atoms with Gasteiger partial charge in [0.2, 0.25) is 5.91 Å². The second-order valence-corrected chi connectivity index (χ2v) is 4.91. The molecular formula is C17H17F2NO2. The number of hydrogen-bond acceptors (Lipinski definition) is 2. The Bertz CT molecular complexity index is 629. The molecule has 0 atom stereocenters. The molecule has 1 amide bonds. The van der Waals surface area contributed by atoms with Crippen molar-refractivity contribution in [1.29, 1.82) is 0 Å². The van der Waals surface area contributed by atoms with Crippen LogP contribution in [0, 0.1) is 11.6 Å². The van der Waals surface area contributed by atoms with Crippen molar-refractivity contribution in [3.05, 3.63) is 65.7 Å². The van der Waals surface area contributed by atoms with Crippen LogP contribution in [0.4, 0.5) is 8.78 Å². The van der Waals surface area contributed by atoms with E-state index in [0.717, 1.165) is 5.56 Å². The molecule has 0 bridgehead atoms. The predicted octanol–water partition coefficient (Wildman–Crippen LogP) is 3.39. The minimum absolute atomic E-state index is 0.105. The van der Waals surface area contributed by atoms with E-state index in [4.69, 9.17) is 4.74 Å². The van der Waals surface area contributed by atoms with E-state index in [0.29, 0.717) is 6.54 Å². The topological polar surface area (TPSA) is 29.5 Å². The van der Waals surface area contributed by atoms with Gasteiger partial charge in [-0.1, -0.05) is 24.3 Å². The summed E-state index contributed by atoms with van der Waals surface area (Å²) in [4.78, 5) is 13.5. The second-order valence-electron chi connectivity index (χ2n) is 4.91. The minimum atomic E-state index is -0.449. The summed E-state index contributed by atoms with van der Waals surface area (Å²) < 4.78 is 31.4. The molecule has 0 saturated carbocycles. The highest BCUT2D eigenvalue weighted by atomic mass is 19.1. The fraction of sp³-hybridized carbons (Fsp3) is 0.235. The molecule has 2 aromatic carbocycles. The Hall–Kier alpha value is -2.43. The Morgan fingerprint density at radius 2 is 1.77 bits per heavy atom. The van der Waals surface area contributed by atoms with Crippen LogP contribution < -0.4 is 4.74 Å². The van der Waals surface area contributed by atoms with Crippen LogP contribution in [0.15, 0.2) is 48.5 Å². The Labute approximate surface area is 128 Å². The highest BCUT2D eigenvalue weighted by molar-refractivity contribution is 5.76. The summed E-state index contributed by atoms with van der Waals surface area (Å²) in [6.45, 7) is 0.492. The SMILES string of the molecule is CN(Cc1ccc(F)cc1)C(=O)CCOc1ccccc1F. The number of para-hydroxylation sites is 1. The molecule has 0 fully saturated rings. The molecule has 0 N–H and O–H groups in total. The first kappa shape index (κ1) is 15.9. The zero-order valence-corrected chi connectivity index (χ0v) is 12.3. The maximum absolute atomic E-state index is 13.3. The van der Waals surface area contributed by atoms with Crippen LogP contribution in [-0.2, 0) is 11.3 Å². The van der Waals surface area contributed by atoms with Crippen molar-refractivity contribution >= 4 is 5.91 Å². The number of amides is 1. The zero-order valence-electron chi connectivity index (χ0n) is 12.3. The number of ether oxygens (including phenoxy) is 1. The van der Waals surface area contributed by atoms with Gasteiger partial charge < -0.3 is 9.64 Å². The largest absolute Gasteiger partial charge is 0.490 e. The average molecular weight is 305 g/mol. The summed E-state index contributed by atoms with van der Waals surface area (Å²) in [5.41, 5.74) is 0.840. The van der Waals surface area contributed by atoms with Crippen molar-refractivity contribution in [3.63, 3.8) is 0 Å². The van der Waals surface area contributed by atoms with Crippen LogP contribution >= 0.6 is 0 Å². The molecule has 0 heterocycles. The molecule has 5 heteroatoms. The standard InChI is InChI=1S/C17H17F2NO2/c1-20(12-13-6-8-14(18)9-7-13)17(21)10-11-22-16-5-3-2-4-15(16)19/h2-9H,10-12H2,1H3. The van der Waals surface area contributed by atoms with Gasteiger partial charge in [-0.2, -0.15) is 0 Å². The van der Waals surface area contributed by atoms with Gasteiger partial charge in [-0.15, -0.1) is 0 Å². The molecule has 2 rings (SSSR count). The van der Waals surface area contributed by atoms with Gasteiger partial charge >= 0.3 is 0 Å². The number of rotatable bonds is 6. The van der Waals surface area contributed by atoms with Gasteiger partial charge in [0.05, 0.1) is 13.0 Å². The van der Waals surface area contributed by atoms with E-state index in [1.807, 2.05) is 0 Å². The molecule has 2 aromatic rings. The number of hydrogen-bond donors (Lipinski definition) is 0. The van der Waals surface area contributed by atoms with Gasteiger partial charge in [0, 0.05) is 13.6 Å². The predicted molar refractivity (Wildman–Crippen MR) is 79.4 cm³/mol. The van der Waals surface area contributed by atoms with Gasteiger partial charge in [-0.3, -0.25) is 4.79 Å². The monoisotopic (exact) mass is 305 g/mol. The van der Waals surface area contributed by atoms with Gasteiger partial charge in [-0.05, 0) is 29.8 Å². The second kappa shape index (κ2) is 7.54. The molecule has 0 spiro atoms. The van der Waals surface area contributed by atoms with Gasteiger partial charge in [0.1, 0.15) is 5.82 Å². The number of carbonyl (C=O) groups excluding carboxylic acids is 1. The zero-order chi connectivity index (χ0) is 15.9. The van der Waals surface area contributed by atoms with Crippen molar-refractivity contribution in [2.45, 2.75) is 13.0 Å². The maximum Gasteiger partial charge on any atom is 0.226 e. The molecule has 0 saturated heterocycles. The van der Waals surface area contributed by atoms with Crippen molar-refractivity contribution in [2.24, 2.45) is 0 Å². The normalized spacial score (nSPS) is 10.3. The van der Waals surface area contributed by atoms with E-state index in [1.54, 1.807) is 31.3 Å². The molecule has 0 aliphatic heterocycles. The number of nitrogens with zero attached hydrogens (tertiary/aromatic N) is 1. The van der Waals surface area contributed by atoms with Crippen molar-refractivity contribution in [3.8, 4) is 5.75 Å². The maximum atomic E-state index is 13.3. The van der Waals surface area contributed by atoms with Crippen LogP contribution in [0.25, 0.3) is 0 Å².